The Kier molecular flexibility index (Phi) is 5.46. The molecule has 0 saturated heterocycles. The molecule has 0 N–H and O–H groups in total. The minimum absolute atomic E-state index is 0.0514. The molecule has 3 nitrogen and oxygen atoms in total. The molecule has 120 valence electrons. The van der Waals surface area contributed by atoms with Gasteiger partial charge in [0.25, 0.3) is 0 Å². The maximum absolute atomic E-state index is 12.3. The van der Waals surface area contributed by atoms with Crippen LogP contribution in [0.5, 0.6) is 11.5 Å². The van der Waals surface area contributed by atoms with E-state index < -0.39 is 6.61 Å². The van der Waals surface area contributed by atoms with Gasteiger partial charge in [-0.1, -0.05) is 42.0 Å². The van der Waals surface area contributed by atoms with Crippen molar-refractivity contribution < 1.29 is 23.0 Å². The van der Waals surface area contributed by atoms with Gasteiger partial charge in [-0.15, -0.1) is 0 Å². The smallest absolute Gasteiger partial charge is 0.387 e. The summed E-state index contributed by atoms with van der Waals surface area (Å²) in [4.78, 5) is 12.1. The first-order valence-corrected chi connectivity index (χ1v) is 6.91. The number of hydrogen-bond donors (Lipinski definition) is 0. The Morgan fingerprint density at radius 2 is 1.78 bits per heavy atom. The van der Waals surface area contributed by atoms with Gasteiger partial charge in [0.1, 0.15) is 0 Å². The summed E-state index contributed by atoms with van der Waals surface area (Å²) in [5.41, 5.74) is 2.30. The number of aryl methyl sites for hydroxylation is 1. The summed E-state index contributed by atoms with van der Waals surface area (Å²) in [6, 6.07) is 11.7. The van der Waals surface area contributed by atoms with E-state index in [9.17, 15) is 13.6 Å². The van der Waals surface area contributed by atoms with Crippen LogP contribution in [-0.4, -0.2) is 19.5 Å². The minimum Gasteiger partial charge on any atom is -0.493 e. The van der Waals surface area contributed by atoms with Crippen LogP contribution in [0.25, 0.3) is 6.08 Å². The van der Waals surface area contributed by atoms with Gasteiger partial charge in [0.2, 0.25) is 0 Å². The molecule has 0 aliphatic rings. The van der Waals surface area contributed by atoms with E-state index in [-0.39, 0.29) is 17.3 Å². The molecule has 0 atom stereocenters. The van der Waals surface area contributed by atoms with E-state index in [1.165, 1.54) is 25.3 Å². The summed E-state index contributed by atoms with van der Waals surface area (Å²) in [7, 11) is 1.36. The third kappa shape index (κ3) is 4.64. The zero-order chi connectivity index (χ0) is 16.8. The molecule has 0 saturated carbocycles. The number of halogens is 2. The molecule has 5 heteroatoms. The van der Waals surface area contributed by atoms with Gasteiger partial charge in [-0.3, -0.25) is 4.79 Å². The third-order valence-electron chi connectivity index (χ3n) is 3.17. The molecule has 0 aromatic heterocycles. The molecule has 2 aromatic rings. The Morgan fingerprint density at radius 3 is 2.39 bits per heavy atom. The van der Waals surface area contributed by atoms with E-state index in [2.05, 4.69) is 4.74 Å². The first-order chi connectivity index (χ1) is 11.0. The summed E-state index contributed by atoms with van der Waals surface area (Å²) in [6.45, 7) is -0.979. The first kappa shape index (κ1) is 16.7. The highest BCUT2D eigenvalue weighted by atomic mass is 19.3. The van der Waals surface area contributed by atoms with Crippen molar-refractivity contribution in [3.8, 4) is 11.5 Å². The number of benzene rings is 2. The second kappa shape index (κ2) is 7.54. The van der Waals surface area contributed by atoms with Crippen LogP contribution < -0.4 is 9.47 Å². The van der Waals surface area contributed by atoms with Gasteiger partial charge in [0.05, 0.1) is 7.11 Å². The lowest BCUT2D eigenvalue weighted by Crippen LogP contribution is -2.03. The van der Waals surface area contributed by atoms with Crippen LogP contribution >= 0.6 is 0 Å². The molecule has 23 heavy (non-hydrogen) atoms. The molecule has 0 aliphatic heterocycles. The monoisotopic (exact) mass is 318 g/mol. The topological polar surface area (TPSA) is 35.5 Å². The molecule has 0 heterocycles. The average molecular weight is 318 g/mol. The number of methoxy groups -OCH3 is 1. The van der Waals surface area contributed by atoms with Gasteiger partial charge < -0.3 is 9.47 Å². The summed E-state index contributed by atoms with van der Waals surface area (Å²) in [5.74, 6) is -0.0170. The third-order valence-corrected chi connectivity index (χ3v) is 3.17. The number of alkyl halides is 2. The Morgan fingerprint density at radius 1 is 1.09 bits per heavy atom. The van der Waals surface area contributed by atoms with E-state index in [1.807, 2.05) is 19.1 Å². The van der Waals surface area contributed by atoms with Crippen LogP contribution in [0.4, 0.5) is 8.78 Å². The predicted octanol–water partition coefficient (Wildman–Crippen LogP) is 4.50. The van der Waals surface area contributed by atoms with Crippen LogP contribution in [-0.2, 0) is 0 Å². The Balaban J connectivity index is 2.15. The van der Waals surface area contributed by atoms with E-state index in [0.717, 1.165) is 5.56 Å². The first-order valence-electron chi connectivity index (χ1n) is 6.91. The van der Waals surface area contributed by atoms with Crippen LogP contribution in [0, 0.1) is 6.92 Å². The van der Waals surface area contributed by atoms with Crippen molar-refractivity contribution in [3.05, 3.63) is 65.2 Å². The quantitative estimate of drug-likeness (QED) is 0.581. The molecule has 2 aromatic carbocycles. The molecule has 0 bridgehead atoms. The number of rotatable bonds is 6. The second-order valence-corrected chi connectivity index (χ2v) is 4.85. The van der Waals surface area contributed by atoms with Gasteiger partial charge in [0, 0.05) is 5.56 Å². The fraction of sp³-hybridized carbons (Fsp3) is 0.167. The molecular weight excluding hydrogens is 302 g/mol. The SMILES string of the molecule is COc1cc(/C=C/C(=O)c2ccc(C)cc2)ccc1OC(F)F. The number of allylic oxidation sites excluding steroid dienone is 1. The summed E-state index contributed by atoms with van der Waals surface area (Å²) in [6.07, 6.45) is 3.02. The normalized spacial score (nSPS) is 11.0. The van der Waals surface area contributed by atoms with Gasteiger partial charge >= 0.3 is 6.61 Å². The van der Waals surface area contributed by atoms with Gasteiger partial charge in [0.15, 0.2) is 17.3 Å². The Bertz CT molecular complexity index is 707. The lowest BCUT2D eigenvalue weighted by molar-refractivity contribution is -0.0512. The van der Waals surface area contributed by atoms with Crippen LogP contribution in [0.2, 0.25) is 0 Å². The number of ether oxygens (including phenoxy) is 2. The highest BCUT2D eigenvalue weighted by Gasteiger charge is 2.10. The van der Waals surface area contributed by atoms with Crippen molar-refractivity contribution in [2.75, 3.05) is 7.11 Å². The predicted molar refractivity (Wildman–Crippen MR) is 84.2 cm³/mol. The molecular formula is C18H16F2O3. The van der Waals surface area contributed by atoms with E-state index in [1.54, 1.807) is 24.3 Å². The molecule has 0 unspecified atom stereocenters. The summed E-state index contributed by atoms with van der Waals surface area (Å²) < 4.78 is 33.9. The fourth-order valence-corrected chi connectivity index (χ4v) is 1.97. The zero-order valence-corrected chi connectivity index (χ0v) is 12.8. The van der Waals surface area contributed by atoms with E-state index >= 15 is 0 Å². The van der Waals surface area contributed by atoms with E-state index in [0.29, 0.717) is 11.1 Å². The van der Waals surface area contributed by atoms with Crippen LogP contribution in [0.15, 0.2) is 48.5 Å². The van der Waals surface area contributed by atoms with Crippen molar-refractivity contribution in [1.29, 1.82) is 0 Å². The molecule has 0 aliphatic carbocycles. The van der Waals surface area contributed by atoms with Crippen molar-refractivity contribution in [2.45, 2.75) is 13.5 Å². The van der Waals surface area contributed by atoms with Crippen molar-refractivity contribution >= 4 is 11.9 Å². The standard InChI is InChI=1S/C18H16F2O3/c1-12-3-7-14(8-4-12)15(21)9-5-13-6-10-16(23-18(19)20)17(11-13)22-2/h3-11,18H,1-2H3/b9-5+. The highest BCUT2D eigenvalue weighted by molar-refractivity contribution is 6.06. The van der Waals surface area contributed by atoms with Gasteiger partial charge in [-0.2, -0.15) is 8.78 Å². The average Bonchev–Trinajstić information content (AvgIpc) is 2.53. The number of ketones is 1. The van der Waals surface area contributed by atoms with Crippen molar-refractivity contribution in [2.24, 2.45) is 0 Å². The number of hydrogen-bond acceptors (Lipinski definition) is 3. The second-order valence-electron chi connectivity index (χ2n) is 4.85. The van der Waals surface area contributed by atoms with Crippen molar-refractivity contribution in [3.63, 3.8) is 0 Å². The Hall–Kier alpha value is -2.69. The molecule has 2 rings (SSSR count). The molecule has 0 spiro atoms. The highest BCUT2D eigenvalue weighted by Crippen LogP contribution is 2.29. The maximum atomic E-state index is 12.3. The summed E-state index contributed by atoms with van der Waals surface area (Å²) in [5, 5.41) is 0. The van der Waals surface area contributed by atoms with Gasteiger partial charge in [-0.05, 0) is 30.7 Å². The van der Waals surface area contributed by atoms with Crippen molar-refractivity contribution in [1.82, 2.24) is 0 Å². The fourth-order valence-electron chi connectivity index (χ4n) is 1.97. The van der Waals surface area contributed by atoms with Crippen LogP contribution in [0.1, 0.15) is 21.5 Å². The zero-order valence-electron chi connectivity index (χ0n) is 12.8. The largest absolute Gasteiger partial charge is 0.493 e. The molecule has 0 fully saturated rings. The van der Waals surface area contributed by atoms with Gasteiger partial charge in [-0.25, -0.2) is 0 Å². The Labute approximate surface area is 133 Å². The minimum atomic E-state index is -2.92. The number of carbonyl (C=O) groups is 1. The lowest BCUT2D eigenvalue weighted by Gasteiger charge is -2.10. The van der Waals surface area contributed by atoms with E-state index in [4.69, 9.17) is 4.74 Å². The summed E-state index contributed by atoms with van der Waals surface area (Å²) >= 11 is 0. The molecule has 0 amide bonds. The molecule has 0 radical (unpaired) electrons. The lowest BCUT2D eigenvalue weighted by atomic mass is 10.1. The van der Waals surface area contributed by atoms with Crippen LogP contribution in [0.3, 0.4) is 0 Å². The maximum Gasteiger partial charge on any atom is 0.387 e. The number of carbonyl (C=O) groups excluding carboxylic acids is 1.